The maximum atomic E-state index is 11.3. The van der Waals surface area contributed by atoms with Crippen LogP contribution in [0.1, 0.15) is 5.56 Å². The van der Waals surface area contributed by atoms with E-state index in [-0.39, 0.29) is 17.9 Å². The molecule has 0 unspecified atom stereocenters. The molecule has 0 spiro atoms. The second kappa shape index (κ2) is 4.58. The average molecular weight is 232 g/mol. The summed E-state index contributed by atoms with van der Waals surface area (Å²) < 4.78 is 26.6. The molecule has 7 heteroatoms. The molecule has 0 aliphatic carbocycles. The number of nitrogens with two attached hydrogens (primary N) is 2. The highest BCUT2D eigenvalue weighted by atomic mass is 32.2. The fourth-order valence-electron chi connectivity index (χ4n) is 1.21. The number of aliphatic hydroxyl groups is 1. The zero-order valence-electron chi connectivity index (χ0n) is 7.88. The minimum absolute atomic E-state index is 0.0757. The maximum Gasteiger partial charge on any atom is 0.312 e. The summed E-state index contributed by atoms with van der Waals surface area (Å²) in [6, 6.07) is 4.18. The Balaban J connectivity index is 3.29. The fraction of sp³-hybridized carbons (Fsp3) is 0.250. The van der Waals surface area contributed by atoms with Crippen molar-refractivity contribution in [3.63, 3.8) is 0 Å². The first kappa shape index (κ1) is 11.9. The molecule has 0 saturated heterocycles. The number of hydrogen-bond acceptors (Lipinski definition) is 6. The summed E-state index contributed by atoms with van der Waals surface area (Å²) in [7, 11) is -3.96. The molecule has 1 aromatic rings. The van der Waals surface area contributed by atoms with Crippen LogP contribution in [-0.2, 0) is 20.8 Å². The van der Waals surface area contributed by atoms with Gasteiger partial charge in [-0.05, 0) is 30.2 Å². The van der Waals surface area contributed by atoms with E-state index in [1.807, 2.05) is 0 Å². The molecule has 15 heavy (non-hydrogen) atoms. The molecule has 1 rings (SSSR count). The fourth-order valence-corrected chi connectivity index (χ4v) is 2.03. The molecule has 0 aliphatic rings. The van der Waals surface area contributed by atoms with Gasteiger partial charge >= 0.3 is 10.1 Å². The normalized spacial score (nSPS) is 11.6. The summed E-state index contributed by atoms with van der Waals surface area (Å²) in [4.78, 5) is -0.0757. The first-order valence-electron chi connectivity index (χ1n) is 4.14. The standard InChI is InChI=1S/C8H12N2O4S/c9-7-1-2-8(15(12,13)14-10)6(5-7)3-4-11/h1-2,5,11H,3-4,9-10H2. The Morgan fingerprint density at radius 3 is 2.60 bits per heavy atom. The highest BCUT2D eigenvalue weighted by Crippen LogP contribution is 2.20. The lowest BCUT2D eigenvalue weighted by Crippen LogP contribution is -2.14. The van der Waals surface area contributed by atoms with Crippen LogP contribution in [0, 0.1) is 0 Å². The number of rotatable bonds is 4. The van der Waals surface area contributed by atoms with E-state index in [1.54, 1.807) is 0 Å². The van der Waals surface area contributed by atoms with Crippen molar-refractivity contribution in [2.45, 2.75) is 11.3 Å². The summed E-state index contributed by atoms with van der Waals surface area (Å²) in [6.45, 7) is -0.184. The summed E-state index contributed by atoms with van der Waals surface area (Å²) in [6.07, 6.45) is 0.170. The van der Waals surface area contributed by atoms with Crippen LogP contribution in [0.2, 0.25) is 0 Å². The van der Waals surface area contributed by atoms with Gasteiger partial charge in [0.25, 0.3) is 0 Å². The van der Waals surface area contributed by atoms with Crippen molar-refractivity contribution >= 4 is 15.8 Å². The Morgan fingerprint density at radius 2 is 2.07 bits per heavy atom. The topological polar surface area (TPSA) is 116 Å². The number of aliphatic hydroxyl groups excluding tert-OH is 1. The van der Waals surface area contributed by atoms with Crippen molar-refractivity contribution in [1.82, 2.24) is 0 Å². The van der Waals surface area contributed by atoms with E-state index in [1.165, 1.54) is 18.2 Å². The van der Waals surface area contributed by atoms with Crippen LogP contribution in [0.3, 0.4) is 0 Å². The molecule has 5 N–H and O–H groups in total. The molecule has 0 saturated carbocycles. The predicted molar refractivity (Wildman–Crippen MR) is 54.1 cm³/mol. The van der Waals surface area contributed by atoms with E-state index in [4.69, 9.17) is 10.8 Å². The molecule has 0 bridgehead atoms. The van der Waals surface area contributed by atoms with Gasteiger partial charge in [0.15, 0.2) is 0 Å². The Hall–Kier alpha value is -1.15. The van der Waals surface area contributed by atoms with Crippen LogP contribution in [-0.4, -0.2) is 20.1 Å². The van der Waals surface area contributed by atoms with Gasteiger partial charge in [-0.1, -0.05) is 0 Å². The molecule has 0 heterocycles. The van der Waals surface area contributed by atoms with Crippen LogP contribution in [0.4, 0.5) is 5.69 Å². The zero-order valence-corrected chi connectivity index (χ0v) is 8.70. The zero-order chi connectivity index (χ0) is 11.5. The third-order valence-corrected chi connectivity index (χ3v) is 3.05. The van der Waals surface area contributed by atoms with E-state index < -0.39 is 10.1 Å². The Kier molecular flexibility index (Phi) is 3.64. The number of benzene rings is 1. The largest absolute Gasteiger partial charge is 0.399 e. The van der Waals surface area contributed by atoms with Crippen molar-refractivity contribution in [2.75, 3.05) is 12.3 Å². The van der Waals surface area contributed by atoms with Crippen LogP contribution in [0.15, 0.2) is 23.1 Å². The SMILES string of the molecule is NOS(=O)(=O)c1ccc(N)cc1CCO. The van der Waals surface area contributed by atoms with Gasteiger partial charge in [-0.2, -0.15) is 18.6 Å². The second-order valence-electron chi connectivity index (χ2n) is 2.89. The van der Waals surface area contributed by atoms with Crippen molar-refractivity contribution in [1.29, 1.82) is 0 Å². The highest BCUT2D eigenvalue weighted by molar-refractivity contribution is 7.86. The van der Waals surface area contributed by atoms with Crippen molar-refractivity contribution in [2.24, 2.45) is 5.90 Å². The second-order valence-corrected chi connectivity index (χ2v) is 4.43. The molecule has 0 aliphatic heterocycles. The van der Waals surface area contributed by atoms with E-state index >= 15 is 0 Å². The molecule has 1 aromatic carbocycles. The van der Waals surface area contributed by atoms with Crippen LogP contribution >= 0.6 is 0 Å². The minimum Gasteiger partial charge on any atom is -0.399 e. The third kappa shape index (κ3) is 2.66. The van der Waals surface area contributed by atoms with Gasteiger partial charge in [0.2, 0.25) is 0 Å². The Bertz CT molecular complexity index is 444. The lowest BCUT2D eigenvalue weighted by atomic mass is 10.1. The Morgan fingerprint density at radius 1 is 1.40 bits per heavy atom. The van der Waals surface area contributed by atoms with Gasteiger partial charge in [-0.15, -0.1) is 0 Å². The van der Waals surface area contributed by atoms with E-state index in [2.05, 4.69) is 10.2 Å². The summed E-state index contributed by atoms with van der Waals surface area (Å²) >= 11 is 0. The molecule has 6 nitrogen and oxygen atoms in total. The van der Waals surface area contributed by atoms with Crippen LogP contribution in [0.25, 0.3) is 0 Å². The molecule has 0 aromatic heterocycles. The van der Waals surface area contributed by atoms with E-state index in [9.17, 15) is 8.42 Å². The van der Waals surface area contributed by atoms with E-state index in [0.717, 1.165) is 0 Å². The third-order valence-electron chi connectivity index (χ3n) is 1.86. The van der Waals surface area contributed by atoms with Crippen LogP contribution in [0.5, 0.6) is 0 Å². The van der Waals surface area contributed by atoms with E-state index in [0.29, 0.717) is 11.3 Å². The first-order valence-corrected chi connectivity index (χ1v) is 5.54. The lowest BCUT2D eigenvalue weighted by molar-refractivity contribution is 0.298. The van der Waals surface area contributed by atoms with Crippen molar-refractivity contribution in [3.05, 3.63) is 23.8 Å². The quantitative estimate of drug-likeness (QED) is 0.471. The average Bonchev–Trinajstić information content (AvgIpc) is 2.18. The molecule has 84 valence electrons. The lowest BCUT2D eigenvalue weighted by Gasteiger charge is -2.08. The molecular formula is C8H12N2O4S. The van der Waals surface area contributed by atoms with Gasteiger partial charge < -0.3 is 10.8 Å². The molecule has 0 amide bonds. The molecular weight excluding hydrogens is 220 g/mol. The minimum atomic E-state index is -3.96. The van der Waals surface area contributed by atoms with Crippen molar-refractivity contribution in [3.8, 4) is 0 Å². The van der Waals surface area contributed by atoms with Gasteiger partial charge in [-0.25, -0.2) is 0 Å². The Labute approximate surface area is 87.5 Å². The van der Waals surface area contributed by atoms with Gasteiger partial charge in [0.05, 0.1) is 4.90 Å². The maximum absolute atomic E-state index is 11.3. The smallest absolute Gasteiger partial charge is 0.312 e. The summed E-state index contributed by atoms with van der Waals surface area (Å²) in [5, 5.41) is 8.77. The number of nitrogen functional groups attached to an aromatic ring is 1. The van der Waals surface area contributed by atoms with Crippen LogP contribution < -0.4 is 11.6 Å². The highest BCUT2D eigenvalue weighted by Gasteiger charge is 2.18. The summed E-state index contributed by atoms with van der Waals surface area (Å²) in [5.41, 5.74) is 6.28. The number of anilines is 1. The molecule has 0 atom stereocenters. The van der Waals surface area contributed by atoms with Gasteiger partial charge in [0, 0.05) is 12.3 Å². The summed E-state index contributed by atoms with van der Waals surface area (Å²) in [5.74, 6) is 4.66. The van der Waals surface area contributed by atoms with Crippen molar-refractivity contribution < 1.29 is 17.8 Å². The molecule has 0 radical (unpaired) electrons. The number of hydrogen-bond donors (Lipinski definition) is 3. The van der Waals surface area contributed by atoms with Gasteiger partial charge in [0.1, 0.15) is 0 Å². The first-order chi connectivity index (χ1) is 7.01. The monoisotopic (exact) mass is 232 g/mol. The molecule has 0 fully saturated rings. The predicted octanol–water partition coefficient (Wildman–Crippen LogP) is -0.617. The van der Waals surface area contributed by atoms with Gasteiger partial charge in [-0.3, -0.25) is 0 Å².